The van der Waals surface area contributed by atoms with Gasteiger partial charge >= 0.3 is 0 Å². The summed E-state index contributed by atoms with van der Waals surface area (Å²) in [6.07, 6.45) is 0.671. The average Bonchev–Trinajstić information content (AvgIpc) is 2.13. The lowest BCUT2D eigenvalue weighted by molar-refractivity contribution is -0.128. The van der Waals surface area contributed by atoms with Gasteiger partial charge in [0.25, 0.3) is 0 Å². The van der Waals surface area contributed by atoms with E-state index in [2.05, 4.69) is 10.6 Å². The molecule has 76 valence electrons. The molecule has 0 fully saturated rings. The Labute approximate surface area is 77.5 Å². The van der Waals surface area contributed by atoms with Gasteiger partial charge in [-0.05, 0) is 13.3 Å². The molecule has 1 atom stereocenters. The molecule has 0 aliphatic carbocycles. The van der Waals surface area contributed by atoms with Gasteiger partial charge in [-0.2, -0.15) is 0 Å². The van der Waals surface area contributed by atoms with Gasteiger partial charge in [0.2, 0.25) is 11.8 Å². The normalized spacial score (nSPS) is 11.9. The second kappa shape index (κ2) is 6.42. The van der Waals surface area contributed by atoms with Crippen molar-refractivity contribution in [2.75, 3.05) is 13.7 Å². The molecule has 0 saturated heterocycles. The van der Waals surface area contributed by atoms with Crippen LogP contribution in [0.3, 0.4) is 0 Å². The Balaban J connectivity index is 3.71. The van der Waals surface area contributed by atoms with E-state index in [0.717, 1.165) is 0 Å². The molecule has 0 spiro atoms. The number of aliphatic hydroxyl groups excluding tert-OH is 1. The van der Waals surface area contributed by atoms with Crippen molar-refractivity contribution in [1.82, 2.24) is 10.6 Å². The minimum atomic E-state index is -0.517. The molecule has 0 rings (SSSR count). The Morgan fingerprint density at radius 3 is 2.54 bits per heavy atom. The highest BCUT2D eigenvalue weighted by Gasteiger charge is 2.12. The standard InChI is InChI=1S/C8H16N2O3/c1-6(8(13)9-2)10-7(12)4-3-5-11/h6,11H,3-5H2,1-2H3,(H,9,13)(H,10,12). The van der Waals surface area contributed by atoms with E-state index in [0.29, 0.717) is 6.42 Å². The van der Waals surface area contributed by atoms with Crippen LogP contribution in [0.15, 0.2) is 0 Å². The van der Waals surface area contributed by atoms with Crippen LogP contribution in [0.4, 0.5) is 0 Å². The third-order valence-electron chi connectivity index (χ3n) is 1.58. The van der Waals surface area contributed by atoms with Gasteiger partial charge in [-0.25, -0.2) is 0 Å². The lowest BCUT2D eigenvalue weighted by Crippen LogP contribution is -2.43. The fourth-order valence-corrected chi connectivity index (χ4v) is 0.835. The van der Waals surface area contributed by atoms with Crippen LogP contribution in [0.1, 0.15) is 19.8 Å². The highest BCUT2D eigenvalue weighted by Crippen LogP contribution is 1.89. The van der Waals surface area contributed by atoms with Crippen LogP contribution >= 0.6 is 0 Å². The summed E-state index contributed by atoms with van der Waals surface area (Å²) in [5, 5.41) is 13.4. The molecule has 3 N–H and O–H groups in total. The van der Waals surface area contributed by atoms with Gasteiger partial charge in [-0.1, -0.05) is 0 Å². The number of aliphatic hydroxyl groups is 1. The van der Waals surface area contributed by atoms with Crippen LogP contribution in [-0.4, -0.2) is 36.6 Å². The number of nitrogens with one attached hydrogen (secondary N) is 2. The van der Waals surface area contributed by atoms with Gasteiger partial charge in [-0.3, -0.25) is 9.59 Å². The first-order valence-corrected chi connectivity index (χ1v) is 4.23. The summed E-state index contributed by atoms with van der Waals surface area (Å²) in [7, 11) is 1.51. The Hall–Kier alpha value is -1.10. The maximum Gasteiger partial charge on any atom is 0.242 e. The van der Waals surface area contributed by atoms with E-state index >= 15 is 0 Å². The highest BCUT2D eigenvalue weighted by molar-refractivity contribution is 5.86. The van der Waals surface area contributed by atoms with E-state index in [1.165, 1.54) is 7.05 Å². The molecule has 0 aromatic carbocycles. The fourth-order valence-electron chi connectivity index (χ4n) is 0.835. The third-order valence-corrected chi connectivity index (χ3v) is 1.58. The summed E-state index contributed by atoms with van der Waals surface area (Å²) in [6, 6.07) is -0.517. The molecular formula is C8H16N2O3. The molecule has 0 heterocycles. The van der Waals surface area contributed by atoms with E-state index in [9.17, 15) is 9.59 Å². The van der Waals surface area contributed by atoms with E-state index in [4.69, 9.17) is 5.11 Å². The summed E-state index contributed by atoms with van der Waals surface area (Å²) in [6.45, 7) is 1.59. The molecule has 0 aromatic heterocycles. The fraction of sp³-hybridized carbons (Fsp3) is 0.750. The SMILES string of the molecule is CNC(=O)C(C)NC(=O)CCCO. The van der Waals surface area contributed by atoms with E-state index in [-0.39, 0.29) is 24.8 Å². The average molecular weight is 188 g/mol. The molecule has 5 nitrogen and oxygen atoms in total. The monoisotopic (exact) mass is 188 g/mol. The second-order valence-electron chi connectivity index (χ2n) is 2.73. The van der Waals surface area contributed by atoms with Crippen LogP contribution in [0.2, 0.25) is 0 Å². The number of hydrogen-bond acceptors (Lipinski definition) is 3. The van der Waals surface area contributed by atoms with Crippen LogP contribution in [-0.2, 0) is 9.59 Å². The van der Waals surface area contributed by atoms with E-state index in [1.54, 1.807) is 6.92 Å². The lowest BCUT2D eigenvalue weighted by Gasteiger charge is -2.11. The van der Waals surface area contributed by atoms with Crippen LogP contribution in [0, 0.1) is 0 Å². The van der Waals surface area contributed by atoms with E-state index < -0.39 is 6.04 Å². The highest BCUT2D eigenvalue weighted by atomic mass is 16.3. The molecule has 0 aromatic rings. The first-order valence-electron chi connectivity index (χ1n) is 4.23. The molecule has 0 aliphatic rings. The summed E-state index contributed by atoms with van der Waals surface area (Å²) < 4.78 is 0. The maximum atomic E-state index is 11.0. The predicted octanol–water partition coefficient (Wildman–Crippen LogP) is -0.990. The van der Waals surface area contributed by atoms with Gasteiger partial charge in [0.05, 0.1) is 0 Å². The van der Waals surface area contributed by atoms with Crippen LogP contribution in [0.25, 0.3) is 0 Å². The Bertz CT molecular complexity index is 182. The van der Waals surface area contributed by atoms with Gasteiger partial charge in [0.15, 0.2) is 0 Å². The molecule has 0 radical (unpaired) electrons. The molecule has 0 aliphatic heterocycles. The van der Waals surface area contributed by atoms with Crippen molar-refractivity contribution in [3.63, 3.8) is 0 Å². The second-order valence-corrected chi connectivity index (χ2v) is 2.73. The summed E-state index contributed by atoms with van der Waals surface area (Å²) in [4.78, 5) is 22.0. The molecule has 0 bridgehead atoms. The van der Waals surface area contributed by atoms with Gasteiger partial charge in [-0.15, -0.1) is 0 Å². The van der Waals surface area contributed by atoms with Gasteiger partial charge in [0, 0.05) is 20.1 Å². The molecule has 1 unspecified atom stereocenters. The largest absolute Gasteiger partial charge is 0.396 e. The van der Waals surface area contributed by atoms with Crippen molar-refractivity contribution < 1.29 is 14.7 Å². The number of rotatable bonds is 5. The molecule has 0 saturated carbocycles. The van der Waals surface area contributed by atoms with Crippen molar-refractivity contribution >= 4 is 11.8 Å². The number of amides is 2. The third kappa shape index (κ3) is 5.19. The minimum Gasteiger partial charge on any atom is -0.396 e. The van der Waals surface area contributed by atoms with Crippen molar-refractivity contribution in [3.8, 4) is 0 Å². The smallest absolute Gasteiger partial charge is 0.242 e. The summed E-state index contributed by atoms with van der Waals surface area (Å²) in [5.74, 6) is -0.442. The molecule has 2 amide bonds. The van der Waals surface area contributed by atoms with Crippen molar-refractivity contribution in [1.29, 1.82) is 0 Å². The Kier molecular flexibility index (Phi) is 5.88. The zero-order valence-corrected chi connectivity index (χ0v) is 7.96. The summed E-state index contributed by atoms with van der Waals surface area (Å²) in [5.41, 5.74) is 0. The first-order chi connectivity index (χ1) is 6.11. The molecular weight excluding hydrogens is 172 g/mol. The maximum absolute atomic E-state index is 11.0. The van der Waals surface area contributed by atoms with Crippen LogP contribution < -0.4 is 10.6 Å². The first kappa shape index (κ1) is 11.9. The number of carbonyl (C=O) groups excluding carboxylic acids is 2. The van der Waals surface area contributed by atoms with Crippen LogP contribution in [0.5, 0.6) is 0 Å². The molecule has 13 heavy (non-hydrogen) atoms. The Morgan fingerprint density at radius 1 is 1.46 bits per heavy atom. The molecule has 5 heteroatoms. The zero-order valence-electron chi connectivity index (χ0n) is 7.96. The van der Waals surface area contributed by atoms with Crippen molar-refractivity contribution in [2.45, 2.75) is 25.8 Å². The van der Waals surface area contributed by atoms with Gasteiger partial charge < -0.3 is 15.7 Å². The number of hydrogen-bond donors (Lipinski definition) is 3. The van der Waals surface area contributed by atoms with Crippen molar-refractivity contribution in [2.24, 2.45) is 0 Å². The topological polar surface area (TPSA) is 78.4 Å². The number of carbonyl (C=O) groups is 2. The lowest BCUT2D eigenvalue weighted by atomic mass is 10.2. The quantitative estimate of drug-likeness (QED) is 0.518. The minimum absolute atomic E-state index is 0.0121. The predicted molar refractivity (Wildman–Crippen MR) is 48.0 cm³/mol. The zero-order chi connectivity index (χ0) is 10.3. The number of likely N-dealkylation sites (N-methyl/N-ethyl adjacent to an activating group) is 1. The summed E-state index contributed by atoms with van der Waals surface area (Å²) >= 11 is 0. The Morgan fingerprint density at radius 2 is 2.08 bits per heavy atom. The van der Waals surface area contributed by atoms with Crippen molar-refractivity contribution in [3.05, 3.63) is 0 Å². The van der Waals surface area contributed by atoms with Gasteiger partial charge in [0.1, 0.15) is 6.04 Å². The van der Waals surface area contributed by atoms with E-state index in [1.807, 2.05) is 0 Å².